The summed E-state index contributed by atoms with van der Waals surface area (Å²) >= 11 is 0. The fourth-order valence-corrected chi connectivity index (χ4v) is 2.54. The molecular weight excluding hydrogens is 290 g/mol. The van der Waals surface area contributed by atoms with Crippen molar-refractivity contribution in [2.24, 2.45) is 0 Å². The Morgan fingerprint density at radius 1 is 1.32 bits per heavy atom. The first-order valence-corrected chi connectivity index (χ1v) is 7.29. The van der Waals surface area contributed by atoms with Crippen LogP contribution in [-0.2, 0) is 6.42 Å². The van der Waals surface area contributed by atoms with Crippen molar-refractivity contribution in [2.75, 3.05) is 19.6 Å². The van der Waals surface area contributed by atoms with Gasteiger partial charge in [0.05, 0.1) is 18.3 Å². The van der Waals surface area contributed by atoms with Crippen LogP contribution < -0.4 is 0 Å². The van der Waals surface area contributed by atoms with Gasteiger partial charge in [0.1, 0.15) is 5.69 Å². The molecule has 0 bridgehead atoms. The molecule has 22 heavy (non-hydrogen) atoms. The second kappa shape index (κ2) is 6.10. The first-order valence-electron chi connectivity index (χ1n) is 7.29. The van der Waals surface area contributed by atoms with Crippen LogP contribution in [0.4, 0.5) is 8.78 Å². The van der Waals surface area contributed by atoms with Crippen LogP contribution in [0, 0.1) is 11.6 Å². The summed E-state index contributed by atoms with van der Waals surface area (Å²) < 4.78 is 27.8. The maximum atomic E-state index is 13.1. The Labute approximate surface area is 127 Å². The first-order chi connectivity index (χ1) is 10.5. The summed E-state index contributed by atoms with van der Waals surface area (Å²) in [5.74, 6) is -1.61. The summed E-state index contributed by atoms with van der Waals surface area (Å²) in [5.41, 5.74) is 1.36. The Bertz CT molecular complexity index is 653. The highest BCUT2D eigenvalue weighted by atomic mass is 19.2. The maximum Gasteiger partial charge on any atom is 0.159 e. The third kappa shape index (κ3) is 3.15. The van der Waals surface area contributed by atoms with E-state index in [0.717, 1.165) is 31.3 Å². The van der Waals surface area contributed by atoms with Crippen molar-refractivity contribution in [1.82, 2.24) is 19.9 Å². The minimum atomic E-state index is -0.812. The molecule has 2 heterocycles. The van der Waals surface area contributed by atoms with Crippen LogP contribution in [0.25, 0.3) is 0 Å². The topological polar surface area (TPSA) is 54.2 Å². The minimum Gasteiger partial charge on any atom is -0.387 e. The molecule has 5 nitrogen and oxygen atoms in total. The standard InChI is InChI=1S/C15H18F2N4O/c1-10(22)15-9-21(19-18-15)12-7-20(8-12)5-4-11-2-3-13(16)14(17)6-11/h2-3,6,9-10,12,22H,4-5,7-8H2,1H3. The number of halogens is 2. The largest absolute Gasteiger partial charge is 0.387 e. The predicted octanol–water partition coefficient (Wildman–Crippen LogP) is 1.71. The third-order valence-corrected chi connectivity index (χ3v) is 3.97. The van der Waals surface area contributed by atoms with E-state index in [-0.39, 0.29) is 6.04 Å². The van der Waals surface area contributed by atoms with Crippen molar-refractivity contribution in [2.45, 2.75) is 25.5 Å². The molecule has 1 unspecified atom stereocenters. The molecule has 1 N–H and O–H groups in total. The van der Waals surface area contributed by atoms with E-state index in [0.29, 0.717) is 12.1 Å². The van der Waals surface area contributed by atoms with Crippen LogP contribution in [0.2, 0.25) is 0 Å². The van der Waals surface area contributed by atoms with E-state index in [1.807, 2.05) is 0 Å². The van der Waals surface area contributed by atoms with Gasteiger partial charge in [0.25, 0.3) is 0 Å². The van der Waals surface area contributed by atoms with Gasteiger partial charge < -0.3 is 5.11 Å². The molecule has 1 atom stereocenters. The molecule has 1 saturated heterocycles. The molecule has 0 spiro atoms. The van der Waals surface area contributed by atoms with Crippen LogP contribution in [0.5, 0.6) is 0 Å². The lowest BCUT2D eigenvalue weighted by molar-refractivity contribution is 0.0986. The van der Waals surface area contributed by atoms with Gasteiger partial charge in [0, 0.05) is 19.6 Å². The lowest BCUT2D eigenvalue weighted by Gasteiger charge is -2.38. The summed E-state index contributed by atoms with van der Waals surface area (Å²) in [7, 11) is 0. The zero-order valence-corrected chi connectivity index (χ0v) is 12.3. The summed E-state index contributed by atoms with van der Waals surface area (Å²) in [6, 6.07) is 4.28. The molecule has 3 rings (SSSR count). The highest BCUT2D eigenvalue weighted by molar-refractivity contribution is 5.18. The Morgan fingerprint density at radius 2 is 2.09 bits per heavy atom. The molecule has 2 aromatic rings. The van der Waals surface area contributed by atoms with Crippen molar-refractivity contribution in [3.63, 3.8) is 0 Å². The molecule has 1 aliphatic heterocycles. The molecule has 118 valence electrons. The Morgan fingerprint density at radius 3 is 2.73 bits per heavy atom. The van der Waals surface area contributed by atoms with Crippen LogP contribution in [0.15, 0.2) is 24.4 Å². The van der Waals surface area contributed by atoms with Crippen molar-refractivity contribution in [3.05, 3.63) is 47.3 Å². The van der Waals surface area contributed by atoms with Crippen LogP contribution in [-0.4, -0.2) is 44.6 Å². The molecule has 0 amide bonds. The molecule has 7 heteroatoms. The van der Waals surface area contributed by atoms with Gasteiger partial charge in [-0.1, -0.05) is 11.3 Å². The van der Waals surface area contributed by atoms with Gasteiger partial charge in [0.2, 0.25) is 0 Å². The van der Waals surface area contributed by atoms with Crippen molar-refractivity contribution >= 4 is 0 Å². The molecule has 1 fully saturated rings. The third-order valence-electron chi connectivity index (χ3n) is 3.97. The van der Waals surface area contributed by atoms with E-state index in [1.165, 1.54) is 6.07 Å². The van der Waals surface area contributed by atoms with Gasteiger partial charge in [0.15, 0.2) is 11.6 Å². The number of nitrogens with zero attached hydrogens (tertiary/aromatic N) is 4. The normalized spacial score (nSPS) is 17.5. The monoisotopic (exact) mass is 308 g/mol. The van der Waals surface area contributed by atoms with Gasteiger partial charge >= 0.3 is 0 Å². The summed E-state index contributed by atoms with van der Waals surface area (Å²) in [6.07, 6.45) is 1.83. The van der Waals surface area contributed by atoms with E-state index in [2.05, 4.69) is 15.2 Å². The summed E-state index contributed by atoms with van der Waals surface area (Å²) in [5, 5.41) is 17.4. The number of likely N-dealkylation sites (tertiary alicyclic amines) is 1. The zero-order chi connectivity index (χ0) is 15.7. The van der Waals surface area contributed by atoms with Crippen LogP contribution in [0.1, 0.15) is 30.3 Å². The van der Waals surface area contributed by atoms with E-state index < -0.39 is 17.7 Å². The van der Waals surface area contributed by atoms with Crippen molar-refractivity contribution in [1.29, 1.82) is 0 Å². The van der Waals surface area contributed by atoms with Gasteiger partial charge in [-0.25, -0.2) is 13.5 Å². The van der Waals surface area contributed by atoms with E-state index in [4.69, 9.17) is 0 Å². The quantitative estimate of drug-likeness (QED) is 0.913. The lowest BCUT2D eigenvalue weighted by Crippen LogP contribution is -2.48. The SMILES string of the molecule is CC(O)c1cn(C2CN(CCc3ccc(F)c(F)c3)C2)nn1. The lowest BCUT2D eigenvalue weighted by atomic mass is 10.1. The number of hydrogen-bond donors (Lipinski definition) is 1. The second-order valence-corrected chi connectivity index (χ2v) is 5.71. The zero-order valence-electron chi connectivity index (χ0n) is 12.3. The molecule has 1 aromatic carbocycles. The number of rotatable bonds is 5. The molecule has 0 saturated carbocycles. The first kappa shape index (κ1) is 15.1. The Kier molecular flexibility index (Phi) is 4.17. The van der Waals surface area contributed by atoms with E-state index in [1.54, 1.807) is 23.9 Å². The smallest absolute Gasteiger partial charge is 0.159 e. The Balaban J connectivity index is 1.48. The number of benzene rings is 1. The van der Waals surface area contributed by atoms with Crippen molar-refractivity contribution in [3.8, 4) is 0 Å². The fraction of sp³-hybridized carbons (Fsp3) is 0.467. The molecule has 0 aliphatic carbocycles. The summed E-state index contributed by atoms with van der Waals surface area (Å²) in [4.78, 5) is 2.22. The molecule has 0 radical (unpaired) electrons. The van der Waals surface area contributed by atoms with Gasteiger partial charge in [-0.05, 0) is 31.0 Å². The second-order valence-electron chi connectivity index (χ2n) is 5.71. The number of aliphatic hydroxyl groups is 1. The highest BCUT2D eigenvalue weighted by Crippen LogP contribution is 2.21. The minimum absolute atomic E-state index is 0.255. The van der Waals surface area contributed by atoms with E-state index in [9.17, 15) is 13.9 Å². The predicted molar refractivity (Wildman–Crippen MR) is 76.2 cm³/mol. The average Bonchev–Trinajstić information content (AvgIpc) is 2.90. The summed E-state index contributed by atoms with van der Waals surface area (Å²) in [6.45, 7) is 4.13. The van der Waals surface area contributed by atoms with Gasteiger partial charge in [-0.2, -0.15) is 0 Å². The van der Waals surface area contributed by atoms with Crippen LogP contribution in [0.3, 0.4) is 0 Å². The molecule has 1 aliphatic rings. The molecule has 1 aromatic heterocycles. The fourth-order valence-electron chi connectivity index (χ4n) is 2.54. The molecular formula is C15H18F2N4O. The Hall–Kier alpha value is -1.86. The average molecular weight is 308 g/mol. The van der Waals surface area contributed by atoms with Crippen LogP contribution >= 0.6 is 0 Å². The maximum absolute atomic E-state index is 13.1. The highest BCUT2D eigenvalue weighted by Gasteiger charge is 2.29. The van der Waals surface area contributed by atoms with Gasteiger partial charge in [-0.15, -0.1) is 5.10 Å². The number of aliphatic hydroxyl groups excluding tert-OH is 1. The van der Waals surface area contributed by atoms with E-state index >= 15 is 0 Å². The van der Waals surface area contributed by atoms with Crippen molar-refractivity contribution < 1.29 is 13.9 Å². The van der Waals surface area contributed by atoms with Gasteiger partial charge in [-0.3, -0.25) is 4.90 Å². The number of aromatic nitrogens is 3. The number of hydrogen-bond acceptors (Lipinski definition) is 4.